The van der Waals surface area contributed by atoms with E-state index in [-0.39, 0.29) is 11.3 Å². The fourth-order valence-electron chi connectivity index (χ4n) is 2.17. The van der Waals surface area contributed by atoms with E-state index in [4.69, 9.17) is 16.3 Å². The van der Waals surface area contributed by atoms with Crippen molar-refractivity contribution in [2.45, 2.75) is 6.42 Å². The number of amides is 1. The van der Waals surface area contributed by atoms with Crippen molar-refractivity contribution in [1.82, 2.24) is 4.98 Å². The summed E-state index contributed by atoms with van der Waals surface area (Å²) in [7, 11) is 2.93. The average molecular weight is 378 g/mol. The molecule has 0 aliphatic rings. The van der Waals surface area contributed by atoms with Crippen LogP contribution in [0.5, 0.6) is 0 Å². The number of methoxy groups -OCH3 is 2. The van der Waals surface area contributed by atoms with Gasteiger partial charge >= 0.3 is 5.97 Å². The number of rotatable bonds is 8. The Kier molecular flexibility index (Phi) is 7.37. The molecule has 1 aromatic heterocycles. The molecule has 0 unspecified atom stereocenters. The summed E-state index contributed by atoms with van der Waals surface area (Å²) in [6.45, 7) is 1.37. The van der Waals surface area contributed by atoms with Crippen molar-refractivity contribution >= 4 is 34.9 Å². The van der Waals surface area contributed by atoms with E-state index in [2.05, 4.69) is 20.4 Å². The van der Waals surface area contributed by atoms with Crippen molar-refractivity contribution in [3.8, 4) is 0 Å². The minimum atomic E-state index is -0.516. The van der Waals surface area contributed by atoms with E-state index >= 15 is 0 Å². The van der Waals surface area contributed by atoms with Gasteiger partial charge in [0.15, 0.2) is 0 Å². The van der Waals surface area contributed by atoms with Gasteiger partial charge in [-0.2, -0.15) is 0 Å². The van der Waals surface area contributed by atoms with Gasteiger partial charge in [-0.1, -0.05) is 11.6 Å². The van der Waals surface area contributed by atoms with E-state index in [1.807, 2.05) is 0 Å². The SMILES string of the molecule is COCCCNc1ccnc(C(=O)Nc2cc(C(=O)OC)ccc2Cl)c1. The van der Waals surface area contributed by atoms with Crippen LogP contribution in [0.4, 0.5) is 11.4 Å². The lowest BCUT2D eigenvalue weighted by molar-refractivity contribution is 0.0600. The molecule has 0 saturated heterocycles. The van der Waals surface area contributed by atoms with Gasteiger partial charge in [0.25, 0.3) is 5.91 Å². The molecule has 2 rings (SSSR count). The van der Waals surface area contributed by atoms with Gasteiger partial charge < -0.3 is 20.1 Å². The number of carbonyl (C=O) groups is 2. The molecule has 26 heavy (non-hydrogen) atoms. The third-order valence-electron chi connectivity index (χ3n) is 3.48. The van der Waals surface area contributed by atoms with E-state index in [1.54, 1.807) is 25.4 Å². The van der Waals surface area contributed by atoms with E-state index in [0.29, 0.717) is 23.9 Å². The van der Waals surface area contributed by atoms with Crippen molar-refractivity contribution < 1.29 is 19.1 Å². The summed E-state index contributed by atoms with van der Waals surface area (Å²) in [5.41, 5.74) is 1.59. The Balaban J connectivity index is 2.09. The van der Waals surface area contributed by atoms with Crippen LogP contribution in [0.15, 0.2) is 36.5 Å². The first-order valence-corrected chi connectivity index (χ1v) is 8.31. The van der Waals surface area contributed by atoms with E-state index in [9.17, 15) is 9.59 Å². The summed E-state index contributed by atoms with van der Waals surface area (Å²) < 4.78 is 9.66. The topological polar surface area (TPSA) is 89.5 Å². The Labute approximate surface area is 156 Å². The van der Waals surface area contributed by atoms with Gasteiger partial charge in [0.1, 0.15) is 5.69 Å². The number of anilines is 2. The second kappa shape index (κ2) is 9.74. The minimum Gasteiger partial charge on any atom is -0.465 e. The second-order valence-corrected chi connectivity index (χ2v) is 5.75. The van der Waals surface area contributed by atoms with Crippen LogP contribution in [0.2, 0.25) is 5.02 Å². The molecule has 1 amide bonds. The first-order valence-electron chi connectivity index (χ1n) is 7.93. The zero-order valence-electron chi connectivity index (χ0n) is 14.5. The third-order valence-corrected chi connectivity index (χ3v) is 3.81. The van der Waals surface area contributed by atoms with Crippen molar-refractivity contribution in [3.05, 3.63) is 52.8 Å². The predicted molar refractivity (Wildman–Crippen MR) is 100.0 cm³/mol. The summed E-state index contributed by atoms with van der Waals surface area (Å²) in [5, 5.41) is 6.16. The molecular formula is C18H20ClN3O4. The number of esters is 1. The lowest BCUT2D eigenvalue weighted by Crippen LogP contribution is -2.15. The lowest BCUT2D eigenvalue weighted by Gasteiger charge is -2.10. The van der Waals surface area contributed by atoms with Crippen molar-refractivity contribution in [2.75, 3.05) is 38.0 Å². The molecular weight excluding hydrogens is 358 g/mol. The third kappa shape index (κ3) is 5.44. The molecule has 0 fully saturated rings. The summed E-state index contributed by atoms with van der Waals surface area (Å²) in [6, 6.07) is 7.91. The lowest BCUT2D eigenvalue weighted by atomic mass is 10.2. The van der Waals surface area contributed by atoms with Crippen LogP contribution in [0, 0.1) is 0 Å². The van der Waals surface area contributed by atoms with Gasteiger partial charge in [-0.15, -0.1) is 0 Å². The number of hydrogen-bond acceptors (Lipinski definition) is 6. The zero-order valence-corrected chi connectivity index (χ0v) is 15.3. The highest BCUT2D eigenvalue weighted by Gasteiger charge is 2.13. The molecule has 7 nitrogen and oxygen atoms in total. The van der Waals surface area contributed by atoms with Gasteiger partial charge in [0.05, 0.1) is 23.4 Å². The van der Waals surface area contributed by atoms with Gasteiger partial charge in [0.2, 0.25) is 0 Å². The summed E-state index contributed by atoms with van der Waals surface area (Å²) in [6.07, 6.45) is 2.39. The number of nitrogens with zero attached hydrogens (tertiary/aromatic N) is 1. The minimum absolute atomic E-state index is 0.223. The van der Waals surface area contributed by atoms with Crippen LogP contribution in [-0.2, 0) is 9.47 Å². The van der Waals surface area contributed by atoms with Crippen LogP contribution in [0.1, 0.15) is 27.3 Å². The maximum absolute atomic E-state index is 12.4. The maximum atomic E-state index is 12.4. The molecule has 2 N–H and O–H groups in total. The fourth-order valence-corrected chi connectivity index (χ4v) is 2.33. The first-order chi connectivity index (χ1) is 12.5. The molecule has 0 aliphatic carbocycles. The molecule has 1 heterocycles. The smallest absolute Gasteiger partial charge is 0.337 e. The van der Waals surface area contributed by atoms with Crippen molar-refractivity contribution in [1.29, 1.82) is 0 Å². The van der Waals surface area contributed by atoms with Gasteiger partial charge in [-0.05, 0) is 36.8 Å². The standard InChI is InChI=1S/C18H20ClN3O4/c1-25-9-3-7-20-13-6-8-21-16(11-13)17(23)22-15-10-12(18(24)26-2)4-5-14(15)19/h4-6,8,10-11H,3,7,9H2,1-2H3,(H,20,21)(H,22,23). The molecule has 8 heteroatoms. The maximum Gasteiger partial charge on any atom is 0.337 e. The zero-order chi connectivity index (χ0) is 18.9. The number of benzene rings is 1. The van der Waals surface area contributed by atoms with Crippen LogP contribution in [0.3, 0.4) is 0 Å². The van der Waals surface area contributed by atoms with Crippen molar-refractivity contribution in [2.24, 2.45) is 0 Å². The Hall–Kier alpha value is -2.64. The average Bonchev–Trinajstić information content (AvgIpc) is 2.66. The second-order valence-electron chi connectivity index (χ2n) is 5.34. The molecule has 0 spiro atoms. The number of ether oxygens (including phenoxy) is 2. The molecule has 0 radical (unpaired) electrons. The summed E-state index contributed by atoms with van der Waals surface area (Å²) >= 11 is 6.09. The van der Waals surface area contributed by atoms with Crippen LogP contribution in [0.25, 0.3) is 0 Å². The molecule has 1 aromatic carbocycles. The molecule has 2 aromatic rings. The van der Waals surface area contributed by atoms with E-state index < -0.39 is 11.9 Å². The number of aromatic nitrogens is 1. The summed E-state index contributed by atoms with van der Waals surface area (Å²) in [5.74, 6) is -0.952. The summed E-state index contributed by atoms with van der Waals surface area (Å²) in [4.78, 5) is 28.1. The number of carbonyl (C=O) groups excluding carboxylic acids is 2. The highest BCUT2D eigenvalue weighted by molar-refractivity contribution is 6.34. The predicted octanol–water partition coefficient (Wildman–Crippen LogP) is 3.22. The molecule has 138 valence electrons. The molecule has 0 saturated carbocycles. The number of nitrogens with one attached hydrogen (secondary N) is 2. The van der Waals surface area contributed by atoms with Crippen LogP contribution < -0.4 is 10.6 Å². The number of halogens is 1. The molecule has 0 bridgehead atoms. The van der Waals surface area contributed by atoms with Gasteiger partial charge in [-0.3, -0.25) is 9.78 Å². The first kappa shape index (κ1) is 19.7. The normalized spacial score (nSPS) is 10.3. The Morgan fingerprint density at radius 2 is 2.00 bits per heavy atom. The van der Waals surface area contributed by atoms with Crippen LogP contribution in [-0.4, -0.2) is 44.2 Å². The van der Waals surface area contributed by atoms with Gasteiger partial charge in [0, 0.05) is 32.1 Å². The number of hydrogen-bond donors (Lipinski definition) is 2. The van der Waals surface area contributed by atoms with E-state index in [1.165, 1.54) is 25.3 Å². The largest absolute Gasteiger partial charge is 0.465 e. The quantitative estimate of drug-likeness (QED) is 0.542. The molecule has 0 atom stereocenters. The Bertz CT molecular complexity index is 783. The number of pyridine rings is 1. The molecule has 0 aliphatic heterocycles. The Morgan fingerprint density at radius 3 is 2.73 bits per heavy atom. The van der Waals surface area contributed by atoms with Crippen molar-refractivity contribution in [3.63, 3.8) is 0 Å². The fraction of sp³-hybridized carbons (Fsp3) is 0.278. The highest BCUT2D eigenvalue weighted by Crippen LogP contribution is 2.24. The Morgan fingerprint density at radius 1 is 1.19 bits per heavy atom. The highest BCUT2D eigenvalue weighted by atomic mass is 35.5. The van der Waals surface area contributed by atoms with E-state index in [0.717, 1.165) is 12.1 Å². The monoisotopic (exact) mass is 377 g/mol. The van der Waals surface area contributed by atoms with Gasteiger partial charge in [-0.25, -0.2) is 4.79 Å². The van der Waals surface area contributed by atoms with Crippen LogP contribution >= 0.6 is 11.6 Å².